The molecule has 0 aliphatic carbocycles. The first kappa shape index (κ1) is 17.9. The first-order valence-electron chi connectivity index (χ1n) is 7.58. The van der Waals surface area contributed by atoms with Crippen LogP contribution in [0.15, 0.2) is 43.0 Å². The Morgan fingerprint density at radius 2 is 1.83 bits per heavy atom. The van der Waals surface area contributed by atoms with E-state index in [0.717, 1.165) is 23.3 Å². The second-order valence-electron chi connectivity index (χ2n) is 5.32. The molecule has 0 amide bonds. The van der Waals surface area contributed by atoms with Gasteiger partial charge in [-0.15, -0.1) is 6.58 Å². The van der Waals surface area contributed by atoms with Gasteiger partial charge in [0.25, 0.3) is 0 Å². The molecule has 0 saturated heterocycles. The zero-order valence-corrected chi connectivity index (χ0v) is 13.9. The summed E-state index contributed by atoms with van der Waals surface area (Å²) >= 11 is 0. The van der Waals surface area contributed by atoms with E-state index < -0.39 is 11.6 Å². The summed E-state index contributed by atoms with van der Waals surface area (Å²) in [6, 6.07) is 7.28. The first-order valence-corrected chi connectivity index (χ1v) is 7.58. The molecule has 1 N–H and O–H groups in total. The van der Waals surface area contributed by atoms with Crippen molar-refractivity contribution in [3.8, 4) is 11.5 Å². The summed E-state index contributed by atoms with van der Waals surface area (Å²) in [6.07, 6.45) is 2.43. The molecule has 0 aliphatic heterocycles. The van der Waals surface area contributed by atoms with Crippen molar-refractivity contribution in [3.05, 3.63) is 71.3 Å². The summed E-state index contributed by atoms with van der Waals surface area (Å²) in [5.41, 5.74) is 2.21. The van der Waals surface area contributed by atoms with E-state index in [9.17, 15) is 8.78 Å². The van der Waals surface area contributed by atoms with Crippen LogP contribution < -0.4 is 14.8 Å². The van der Waals surface area contributed by atoms with Gasteiger partial charge >= 0.3 is 0 Å². The van der Waals surface area contributed by atoms with Gasteiger partial charge in [0, 0.05) is 24.2 Å². The number of ether oxygens (including phenoxy) is 2. The SMILES string of the molecule is C=CCc1cc(CNCc2cc(F)ccc2F)cc(OC)c1OC. The molecule has 0 fully saturated rings. The van der Waals surface area contributed by atoms with E-state index in [2.05, 4.69) is 11.9 Å². The minimum Gasteiger partial charge on any atom is -0.493 e. The Labute approximate surface area is 140 Å². The Morgan fingerprint density at radius 3 is 2.50 bits per heavy atom. The molecule has 0 atom stereocenters. The third-order valence-electron chi connectivity index (χ3n) is 3.63. The van der Waals surface area contributed by atoms with Crippen LogP contribution in [0.3, 0.4) is 0 Å². The Morgan fingerprint density at radius 1 is 1.04 bits per heavy atom. The van der Waals surface area contributed by atoms with Crippen LogP contribution in [0.1, 0.15) is 16.7 Å². The van der Waals surface area contributed by atoms with Crippen LogP contribution in [-0.4, -0.2) is 14.2 Å². The maximum Gasteiger partial charge on any atom is 0.164 e. The molecular weight excluding hydrogens is 312 g/mol. The van der Waals surface area contributed by atoms with Crippen LogP contribution in [-0.2, 0) is 19.5 Å². The Kier molecular flexibility index (Phi) is 6.32. The molecule has 128 valence electrons. The van der Waals surface area contributed by atoms with Crippen LogP contribution in [0.25, 0.3) is 0 Å². The fourth-order valence-electron chi connectivity index (χ4n) is 2.54. The van der Waals surface area contributed by atoms with Gasteiger partial charge in [0.15, 0.2) is 11.5 Å². The van der Waals surface area contributed by atoms with Gasteiger partial charge in [-0.25, -0.2) is 8.78 Å². The molecule has 0 spiro atoms. The maximum atomic E-state index is 13.6. The monoisotopic (exact) mass is 333 g/mol. The molecule has 0 aromatic heterocycles. The number of hydrogen-bond acceptors (Lipinski definition) is 3. The van der Waals surface area contributed by atoms with Gasteiger partial charge in [-0.05, 0) is 36.2 Å². The van der Waals surface area contributed by atoms with Crippen molar-refractivity contribution >= 4 is 0 Å². The summed E-state index contributed by atoms with van der Waals surface area (Å²) < 4.78 is 37.6. The van der Waals surface area contributed by atoms with Gasteiger partial charge in [0.05, 0.1) is 14.2 Å². The average Bonchev–Trinajstić information content (AvgIpc) is 2.57. The summed E-state index contributed by atoms with van der Waals surface area (Å²) in [6.45, 7) is 4.46. The van der Waals surface area contributed by atoms with Crippen LogP contribution in [0.4, 0.5) is 8.78 Å². The van der Waals surface area contributed by atoms with Crippen LogP contribution in [0.2, 0.25) is 0 Å². The molecule has 2 aromatic carbocycles. The number of halogens is 2. The number of benzene rings is 2. The van der Waals surface area contributed by atoms with Crippen LogP contribution in [0, 0.1) is 11.6 Å². The van der Waals surface area contributed by atoms with Gasteiger partial charge in [0.1, 0.15) is 11.6 Å². The lowest BCUT2D eigenvalue weighted by molar-refractivity contribution is 0.351. The maximum absolute atomic E-state index is 13.6. The van der Waals surface area contributed by atoms with Crippen molar-refractivity contribution < 1.29 is 18.3 Å². The molecule has 2 aromatic rings. The van der Waals surface area contributed by atoms with Crippen molar-refractivity contribution in [2.45, 2.75) is 19.5 Å². The van der Waals surface area contributed by atoms with E-state index in [0.29, 0.717) is 30.0 Å². The summed E-state index contributed by atoms with van der Waals surface area (Å²) in [5.74, 6) is 0.430. The van der Waals surface area contributed by atoms with Crippen molar-refractivity contribution in [2.75, 3.05) is 14.2 Å². The van der Waals surface area contributed by atoms with Crippen molar-refractivity contribution in [1.82, 2.24) is 5.32 Å². The number of hydrogen-bond donors (Lipinski definition) is 1. The lowest BCUT2D eigenvalue weighted by atomic mass is 10.1. The zero-order valence-electron chi connectivity index (χ0n) is 13.9. The highest BCUT2D eigenvalue weighted by atomic mass is 19.1. The van der Waals surface area contributed by atoms with Crippen LogP contribution in [0.5, 0.6) is 11.5 Å². The second-order valence-corrected chi connectivity index (χ2v) is 5.32. The predicted octanol–water partition coefficient (Wildman–Crippen LogP) is 4.00. The number of rotatable bonds is 8. The highest BCUT2D eigenvalue weighted by molar-refractivity contribution is 5.50. The Balaban J connectivity index is 2.13. The molecule has 3 nitrogen and oxygen atoms in total. The first-order chi connectivity index (χ1) is 11.6. The number of methoxy groups -OCH3 is 2. The molecule has 0 heterocycles. The molecule has 0 radical (unpaired) electrons. The molecule has 0 aliphatic rings. The fraction of sp³-hybridized carbons (Fsp3) is 0.263. The normalized spacial score (nSPS) is 10.5. The quantitative estimate of drug-likeness (QED) is 0.741. The highest BCUT2D eigenvalue weighted by Crippen LogP contribution is 2.33. The van der Waals surface area contributed by atoms with Crippen LogP contribution >= 0.6 is 0 Å². The average molecular weight is 333 g/mol. The molecular formula is C19H21F2NO2. The van der Waals surface area contributed by atoms with Crippen molar-refractivity contribution in [2.24, 2.45) is 0 Å². The van der Waals surface area contributed by atoms with Gasteiger partial charge in [0.2, 0.25) is 0 Å². The fourth-order valence-corrected chi connectivity index (χ4v) is 2.54. The van der Waals surface area contributed by atoms with E-state index in [1.165, 1.54) is 6.07 Å². The Bertz CT molecular complexity index is 717. The highest BCUT2D eigenvalue weighted by Gasteiger charge is 2.12. The topological polar surface area (TPSA) is 30.5 Å². The molecule has 2 rings (SSSR count). The van der Waals surface area contributed by atoms with E-state index in [4.69, 9.17) is 9.47 Å². The third kappa shape index (κ3) is 4.32. The second kappa shape index (κ2) is 8.45. The Hall–Kier alpha value is -2.40. The smallest absolute Gasteiger partial charge is 0.164 e. The van der Waals surface area contributed by atoms with Crippen molar-refractivity contribution in [1.29, 1.82) is 0 Å². The van der Waals surface area contributed by atoms with Gasteiger partial charge in [-0.2, -0.15) is 0 Å². The summed E-state index contributed by atoms with van der Waals surface area (Å²) in [7, 11) is 3.17. The molecule has 5 heteroatoms. The number of allylic oxidation sites excluding steroid dienone is 1. The van der Waals surface area contributed by atoms with E-state index in [1.54, 1.807) is 20.3 Å². The van der Waals surface area contributed by atoms with E-state index >= 15 is 0 Å². The van der Waals surface area contributed by atoms with Crippen molar-refractivity contribution in [3.63, 3.8) is 0 Å². The minimum atomic E-state index is -0.451. The predicted molar refractivity (Wildman–Crippen MR) is 90.3 cm³/mol. The molecule has 0 unspecified atom stereocenters. The van der Waals surface area contributed by atoms with Gasteiger partial charge < -0.3 is 14.8 Å². The van der Waals surface area contributed by atoms with Gasteiger partial charge in [-0.1, -0.05) is 12.1 Å². The standard InChI is InChI=1S/C19H21F2NO2/c1-4-5-14-8-13(9-18(23-2)19(14)24-3)11-22-12-15-10-16(20)6-7-17(15)21/h4,6-10,22H,1,5,11-12H2,2-3H3. The largest absolute Gasteiger partial charge is 0.493 e. The summed E-state index contributed by atoms with van der Waals surface area (Å²) in [4.78, 5) is 0. The zero-order chi connectivity index (χ0) is 17.5. The molecule has 0 bridgehead atoms. The third-order valence-corrected chi connectivity index (χ3v) is 3.63. The number of nitrogens with one attached hydrogen (secondary N) is 1. The van der Waals surface area contributed by atoms with Gasteiger partial charge in [-0.3, -0.25) is 0 Å². The van der Waals surface area contributed by atoms with E-state index in [-0.39, 0.29) is 6.54 Å². The minimum absolute atomic E-state index is 0.231. The summed E-state index contributed by atoms with van der Waals surface area (Å²) in [5, 5.41) is 3.12. The lowest BCUT2D eigenvalue weighted by Gasteiger charge is -2.15. The molecule has 0 saturated carbocycles. The lowest BCUT2D eigenvalue weighted by Crippen LogP contribution is -2.14. The van der Waals surface area contributed by atoms with E-state index in [1.807, 2.05) is 12.1 Å². The molecule has 24 heavy (non-hydrogen) atoms.